The van der Waals surface area contributed by atoms with E-state index in [2.05, 4.69) is 24.0 Å². The van der Waals surface area contributed by atoms with Gasteiger partial charge in [-0.3, -0.25) is 0 Å². The van der Waals surface area contributed by atoms with Gasteiger partial charge in [0, 0.05) is 11.8 Å². The molecule has 0 spiro atoms. The van der Waals surface area contributed by atoms with Crippen molar-refractivity contribution >= 4 is 11.3 Å². The predicted octanol–water partition coefficient (Wildman–Crippen LogP) is 2.93. The van der Waals surface area contributed by atoms with Crippen LogP contribution in [0, 0.1) is 0 Å². The summed E-state index contributed by atoms with van der Waals surface area (Å²) >= 11 is 1.81. The summed E-state index contributed by atoms with van der Waals surface area (Å²) in [5, 5.41) is 10.9. The molecular formula is C9H14N2S. The quantitative estimate of drug-likeness (QED) is 0.718. The Morgan fingerprint density at radius 3 is 2.83 bits per heavy atom. The number of hydrogen-bond donors (Lipinski definition) is 0. The molecule has 0 aromatic carbocycles. The highest BCUT2D eigenvalue weighted by molar-refractivity contribution is 7.11. The van der Waals surface area contributed by atoms with Gasteiger partial charge in [0.25, 0.3) is 0 Å². The van der Waals surface area contributed by atoms with E-state index in [0.29, 0.717) is 5.92 Å². The van der Waals surface area contributed by atoms with Gasteiger partial charge in [0.1, 0.15) is 10.0 Å². The molecule has 0 radical (unpaired) electrons. The first-order valence-electron chi connectivity index (χ1n) is 4.64. The molecule has 0 saturated heterocycles. The third-order valence-corrected chi connectivity index (χ3v) is 3.73. The highest BCUT2D eigenvalue weighted by Crippen LogP contribution is 2.42. The first kappa shape index (κ1) is 8.17. The topological polar surface area (TPSA) is 25.8 Å². The molecule has 1 aliphatic carbocycles. The van der Waals surface area contributed by atoms with Crippen molar-refractivity contribution in [2.24, 2.45) is 0 Å². The monoisotopic (exact) mass is 182 g/mol. The van der Waals surface area contributed by atoms with E-state index in [1.54, 1.807) is 0 Å². The van der Waals surface area contributed by atoms with E-state index in [1.165, 1.54) is 29.3 Å². The van der Waals surface area contributed by atoms with E-state index in [-0.39, 0.29) is 0 Å². The van der Waals surface area contributed by atoms with Gasteiger partial charge in [-0.15, -0.1) is 21.5 Å². The number of aromatic nitrogens is 2. The predicted molar refractivity (Wildman–Crippen MR) is 50.6 cm³/mol. The third kappa shape index (κ3) is 1.51. The molecule has 1 fully saturated rings. The second-order valence-electron chi connectivity index (χ2n) is 3.56. The summed E-state index contributed by atoms with van der Waals surface area (Å²) in [6, 6.07) is 0. The molecular weight excluding hydrogens is 168 g/mol. The first-order chi connectivity index (χ1) is 5.81. The van der Waals surface area contributed by atoms with Gasteiger partial charge < -0.3 is 0 Å². The molecule has 66 valence electrons. The molecule has 1 aromatic rings. The lowest BCUT2D eigenvalue weighted by atomic mass is 10.1. The van der Waals surface area contributed by atoms with Gasteiger partial charge in [0.05, 0.1) is 0 Å². The number of rotatable bonds is 3. The molecule has 1 saturated carbocycles. The highest BCUT2D eigenvalue weighted by atomic mass is 32.1. The van der Waals surface area contributed by atoms with Gasteiger partial charge in [-0.2, -0.15) is 0 Å². The average Bonchev–Trinajstić information content (AvgIpc) is 2.83. The fourth-order valence-corrected chi connectivity index (χ4v) is 2.26. The van der Waals surface area contributed by atoms with Crippen molar-refractivity contribution in [3.63, 3.8) is 0 Å². The Morgan fingerprint density at radius 1 is 1.50 bits per heavy atom. The van der Waals surface area contributed by atoms with Gasteiger partial charge in [-0.25, -0.2) is 0 Å². The van der Waals surface area contributed by atoms with E-state index < -0.39 is 0 Å². The molecule has 1 aromatic heterocycles. The molecule has 0 amide bonds. The van der Waals surface area contributed by atoms with Crippen molar-refractivity contribution in [3.8, 4) is 0 Å². The highest BCUT2D eigenvalue weighted by Gasteiger charge is 2.27. The van der Waals surface area contributed by atoms with Crippen molar-refractivity contribution in [1.29, 1.82) is 0 Å². The van der Waals surface area contributed by atoms with E-state index in [4.69, 9.17) is 0 Å². The summed E-state index contributed by atoms with van der Waals surface area (Å²) in [6.07, 6.45) is 3.82. The van der Waals surface area contributed by atoms with Crippen molar-refractivity contribution in [1.82, 2.24) is 10.2 Å². The molecule has 12 heavy (non-hydrogen) atoms. The van der Waals surface area contributed by atoms with Crippen molar-refractivity contribution in [3.05, 3.63) is 10.0 Å². The molecule has 1 unspecified atom stereocenters. The Bertz CT molecular complexity index is 265. The summed E-state index contributed by atoms with van der Waals surface area (Å²) in [5.74, 6) is 1.36. The SMILES string of the molecule is CCC(C)c1nnc(C2CC2)s1. The minimum atomic E-state index is 0.593. The van der Waals surface area contributed by atoms with Crippen LogP contribution in [0.2, 0.25) is 0 Å². The van der Waals surface area contributed by atoms with Gasteiger partial charge in [-0.1, -0.05) is 13.8 Å². The summed E-state index contributed by atoms with van der Waals surface area (Å²) in [7, 11) is 0. The molecule has 3 heteroatoms. The van der Waals surface area contributed by atoms with Crippen LogP contribution in [0.1, 0.15) is 55.0 Å². The van der Waals surface area contributed by atoms with Crippen LogP contribution >= 0.6 is 11.3 Å². The van der Waals surface area contributed by atoms with Crippen LogP contribution in [0.5, 0.6) is 0 Å². The molecule has 0 N–H and O–H groups in total. The lowest BCUT2D eigenvalue weighted by Gasteiger charge is -1.99. The summed E-state index contributed by atoms with van der Waals surface area (Å²) in [4.78, 5) is 0. The zero-order valence-corrected chi connectivity index (χ0v) is 8.40. The van der Waals surface area contributed by atoms with Gasteiger partial charge >= 0.3 is 0 Å². The molecule has 0 aliphatic heterocycles. The van der Waals surface area contributed by atoms with E-state index in [0.717, 1.165) is 5.92 Å². The minimum absolute atomic E-state index is 0.593. The van der Waals surface area contributed by atoms with Gasteiger partial charge in [-0.05, 0) is 19.3 Å². The molecule has 2 rings (SSSR count). The zero-order chi connectivity index (χ0) is 8.55. The average molecular weight is 182 g/mol. The van der Waals surface area contributed by atoms with E-state index in [9.17, 15) is 0 Å². The Kier molecular flexibility index (Phi) is 2.13. The van der Waals surface area contributed by atoms with Crippen LogP contribution < -0.4 is 0 Å². The fraction of sp³-hybridized carbons (Fsp3) is 0.778. The number of hydrogen-bond acceptors (Lipinski definition) is 3. The molecule has 2 nitrogen and oxygen atoms in total. The van der Waals surface area contributed by atoms with Crippen LogP contribution in [0.25, 0.3) is 0 Å². The smallest absolute Gasteiger partial charge is 0.120 e. The maximum atomic E-state index is 4.22. The van der Waals surface area contributed by atoms with Crippen LogP contribution in [-0.2, 0) is 0 Å². The number of nitrogens with zero attached hydrogens (tertiary/aromatic N) is 2. The summed E-state index contributed by atoms with van der Waals surface area (Å²) < 4.78 is 0. The van der Waals surface area contributed by atoms with Gasteiger partial charge in [0.15, 0.2) is 0 Å². The standard InChI is InChI=1S/C9H14N2S/c1-3-6(2)8-10-11-9(12-8)7-4-5-7/h6-7H,3-5H2,1-2H3. The maximum Gasteiger partial charge on any atom is 0.120 e. The molecule has 1 aliphatic rings. The molecule has 0 bridgehead atoms. The second kappa shape index (κ2) is 3.13. The van der Waals surface area contributed by atoms with Crippen LogP contribution in [0.15, 0.2) is 0 Å². The van der Waals surface area contributed by atoms with Gasteiger partial charge in [0.2, 0.25) is 0 Å². The zero-order valence-electron chi connectivity index (χ0n) is 7.58. The lowest BCUT2D eigenvalue weighted by molar-refractivity contribution is 0.713. The van der Waals surface area contributed by atoms with Crippen LogP contribution in [-0.4, -0.2) is 10.2 Å². The minimum Gasteiger partial charge on any atom is -0.143 e. The van der Waals surface area contributed by atoms with Crippen molar-refractivity contribution in [2.45, 2.75) is 44.9 Å². The molecule has 1 atom stereocenters. The normalized spacial score (nSPS) is 19.5. The van der Waals surface area contributed by atoms with Crippen molar-refractivity contribution in [2.75, 3.05) is 0 Å². The Labute approximate surface area is 77.0 Å². The largest absolute Gasteiger partial charge is 0.143 e. The van der Waals surface area contributed by atoms with Crippen molar-refractivity contribution < 1.29 is 0 Å². The summed E-state index contributed by atoms with van der Waals surface area (Å²) in [6.45, 7) is 4.42. The Balaban J connectivity index is 2.12. The maximum absolute atomic E-state index is 4.22. The first-order valence-corrected chi connectivity index (χ1v) is 5.46. The lowest BCUT2D eigenvalue weighted by Crippen LogP contribution is -1.88. The fourth-order valence-electron chi connectivity index (χ4n) is 1.12. The van der Waals surface area contributed by atoms with E-state index >= 15 is 0 Å². The molecule has 1 heterocycles. The van der Waals surface area contributed by atoms with Crippen LogP contribution in [0.3, 0.4) is 0 Å². The van der Waals surface area contributed by atoms with Crippen LogP contribution in [0.4, 0.5) is 0 Å². The van der Waals surface area contributed by atoms with E-state index in [1.807, 2.05) is 11.3 Å². The Morgan fingerprint density at radius 2 is 2.25 bits per heavy atom. The third-order valence-electron chi connectivity index (χ3n) is 2.42. The Hall–Kier alpha value is -0.440. The second-order valence-corrected chi connectivity index (χ2v) is 4.60. The summed E-state index contributed by atoms with van der Waals surface area (Å²) in [5.41, 5.74) is 0.